The molecule has 1 aliphatic heterocycles. The highest BCUT2D eigenvalue weighted by Gasteiger charge is 2.50. The standard InChI is InChI=1S/C21H29N3O/c1-15-17(23-10-6-5-7-18(23)22-15)8-9-19(25)24-14-21(4)12-16(24)11-20(2,3)13-21/h5-7,10,16H,8-9,11-14H2,1-4H3. The molecule has 1 aliphatic carbocycles. The summed E-state index contributed by atoms with van der Waals surface area (Å²) < 4.78 is 2.12. The topological polar surface area (TPSA) is 37.6 Å². The molecular formula is C21H29N3O. The van der Waals surface area contributed by atoms with Gasteiger partial charge in [0.1, 0.15) is 5.65 Å². The molecule has 2 aromatic rings. The van der Waals surface area contributed by atoms with Crippen LogP contribution >= 0.6 is 0 Å². The van der Waals surface area contributed by atoms with Crippen LogP contribution in [0.15, 0.2) is 24.4 Å². The predicted molar refractivity (Wildman–Crippen MR) is 99.5 cm³/mol. The monoisotopic (exact) mass is 339 g/mol. The minimum absolute atomic E-state index is 0.307. The van der Waals surface area contributed by atoms with Crippen LogP contribution < -0.4 is 0 Å². The van der Waals surface area contributed by atoms with Crippen LogP contribution in [-0.2, 0) is 11.2 Å². The van der Waals surface area contributed by atoms with Crippen molar-refractivity contribution >= 4 is 11.6 Å². The predicted octanol–water partition coefficient (Wildman–Crippen LogP) is 4.00. The van der Waals surface area contributed by atoms with Crippen LogP contribution in [0.4, 0.5) is 0 Å². The lowest BCUT2D eigenvalue weighted by molar-refractivity contribution is -0.132. The van der Waals surface area contributed by atoms with Crippen LogP contribution in [0.25, 0.3) is 5.65 Å². The molecule has 0 radical (unpaired) electrons. The second kappa shape index (κ2) is 5.58. The molecule has 2 bridgehead atoms. The van der Waals surface area contributed by atoms with E-state index in [1.165, 1.54) is 12.8 Å². The van der Waals surface area contributed by atoms with Gasteiger partial charge in [0, 0.05) is 30.9 Å². The van der Waals surface area contributed by atoms with Gasteiger partial charge in [-0.3, -0.25) is 4.79 Å². The first kappa shape index (κ1) is 16.6. The van der Waals surface area contributed by atoms with Crippen LogP contribution in [0.1, 0.15) is 57.8 Å². The SMILES string of the molecule is Cc1nc2ccccn2c1CCC(=O)N1CC2(C)CC1CC(C)(C)C2. The van der Waals surface area contributed by atoms with E-state index in [4.69, 9.17) is 0 Å². The Bertz CT molecular complexity index is 822. The normalized spacial score (nSPS) is 27.8. The Kier molecular flexibility index (Phi) is 3.71. The highest BCUT2D eigenvalue weighted by Crippen LogP contribution is 2.52. The summed E-state index contributed by atoms with van der Waals surface area (Å²) >= 11 is 0. The largest absolute Gasteiger partial charge is 0.339 e. The van der Waals surface area contributed by atoms with Gasteiger partial charge in [0.25, 0.3) is 0 Å². The molecule has 4 rings (SSSR count). The van der Waals surface area contributed by atoms with E-state index in [1.54, 1.807) is 0 Å². The number of fused-ring (bicyclic) bond motifs is 3. The van der Waals surface area contributed by atoms with Crippen LogP contribution in [-0.4, -0.2) is 32.8 Å². The van der Waals surface area contributed by atoms with Crippen molar-refractivity contribution in [2.24, 2.45) is 10.8 Å². The second-order valence-corrected chi connectivity index (χ2v) is 9.31. The molecule has 0 spiro atoms. The van der Waals surface area contributed by atoms with Crippen LogP contribution in [0.3, 0.4) is 0 Å². The minimum Gasteiger partial charge on any atom is -0.339 e. The lowest BCUT2D eigenvalue weighted by Crippen LogP contribution is -2.37. The molecule has 25 heavy (non-hydrogen) atoms. The first-order valence-corrected chi connectivity index (χ1v) is 9.48. The fourth-order valence-electron chi connectivity index (χ4n) is 5.59. The summed E-state index contributed by atoms with van der Waals surface area (Å²) in [6.07, 6.45) is 6.93. The van der Waals surface area contributed by atoms with Gasteiger partial charge in [-0.2, -0.15) is 0 Å². The maximum absolute atomic E-state index is 13.0. The summed E-state index contributed by atoms with van der Waals surface area (Å²) in [5, 5.41) is 0. The van der Waals surface area contributed by atoms with Crippen LogP contribution in [0.5, 0.6) is 0 Å². The number of nitrogens with zero attached hydrogens (tertiary/aromatic N) is 3. The average Bonchev–Trinajstić information content (AvgIpc) is 2.96. The number of hydrogen-bond donors (Lipinski definition) is 0. The molecule has 2 unspecified atom stereocenters. The molecule has 4 nitrogen and oxygen atoms in total. The molecule has 2 atom stereocenters. The zero-order valence-electron chi connectivity index (χ0n) is 15.9. The summed E-state index contributed by atoms with van der Waals surface area (Å²) in [7, 11) is 0. The number of imidazole rings is 1. The Hall–Kier alpha value is -1.84. The smallest absolute Gasteiger partial charge is 0.223 e. The number of amides is 1. The van der Waals surface area contributed by atoms with Crippen molar-refractivity contribution in [2.75, 3.05) is 6.54 Å². The van der Waals surface area contributed by atoms with E-state index in [0.29, 0.717) is 29.2 Å². The zero-order valence-corrected chi connectivity index (χ0v) is 15.9. The number of aryl methyl sites for hydroxylation is 2. The van der Waals surface area contributed by atoms with Crippen molar-refractivity contribution in [1.29, 1.82) is 0 Å². The number of likely N-dealkylation sites (tertiary alicyclic amines) is 1. The Labute approximate surface area is 150 Å². The maximum Gasteiger partial charge on any atom is 0.223 e. The first-order valence-electron chi connectivity index (χ1n) is 9.48. The van der Waals surface area contributed by atoms with Gasteiger partial charge in [-0.25, -0.2) is 4.98 Å². The molecule has 4 heteroatoms. The Morgan fingerprint density at radius 3 is 2.88 bits per heavy atom. The number of aromatic nitrogens is 2. The fraction of sp³-hybridized carbons (Fsp3) is 0.619. The molecule has 3 heterocycles. The minimum atomic E-state index is 0.307. The van der Waals surface area contributed by atoms with Crippen molar-refractivity contribution in [2.45, 2.75) is 65.8 Å². The Balaban J connectivity index is 1.49. The van der Waals surface area contributed by atoms with Gasteiger partial charge in [-0.15, -0.1) is 0 Å². The van der Waals surface area contributed by atoms with Gasteiger partial charge in [0.05, 0.1) is 5.69 Å². The van der Waals surface area contributed by atoms with Gasteiger partial charge in [-0.05, 0) is 55.6 Å². The quantitative estimate of drug-likeness (QED) is 0.847. The summed E-state index contributed by atoms with van der Waals surface area (Å²) in [5.74, 6) is 0.316. The van der Waals surface area contributed by atoms with E-state index in [0.717, 1.165) is 36.4 Å². The summed E-state index contributed by atoms with van der Waals surface area (Å²) in [6.45, 7) is 10.1. The highest BCUT2D eigenvalue weighted by atomic mass is 16.2. The van der Waals surface area contributed by atoms with Crippen molar-refractivity contribution in [3.63, 3.8) is 0 Å². The van der Waals surface area contributed by atoms with Gasteiger partial charge >= 0.3 is 0 Å². The Morgan fingerprint density at radius 1 is 1.28 bits per heavy atom. The first-order chi connectivity index (χ1) is 11.8. The van der Waals surface area contributed by atoms with E-state index in [-0.39, 0.29) is 0 Å². The molecule has 1 saturated heterocycles. The maximum atomic E-state index is 13.0. The number of carbonyl (C=O) groups excluding carboxylic acids is 1. The van der Waals surface area contributed by atoms with Gasteiger partial charge in [0.15, 0.2) is 0 Å². The number of carbonyl (C=O) groups is 1. The van der Waals surface area contributed by atoms with E-state index in [2.05, 4.69) is 35.1 Å². The molecule has 0 N–H and O–H groups in total. The van der Waals surface area contributed by atoms with Gasteiger partial charge in [0.2, 0.25) is 5.91 Å². The third kappa shape index (κ3) is 2.96. The molecule has 2 fully saturated rings. The third-order valence-electron chi connectivity index (χ3n) is 6.14. The molecule has 134 valence electrons. The van der Waals surface area contributed by atoms with Gasteiger partial charge in [-0.1, -0.05) is 26.8 Å². The van der Waals surface area contributed by atoms with Crippen molar-refractivity contribution in [1.82, 2.24) is 14.3 Å². The van der Waals surface area contributed by atoms with E-state index in [9.17, 15) is 4.79 Å². The summed E-state index contributed by atoms with van der Waals surface area (Å²) in [4.78, 5) is 19.8. The van der Waals surface area contributed by atoms with Crippen molar-refractivity contribution in [3.05, 3.63) is 35.8 Å². The average molecular weight is 339 g/mol. The lowest BCUT2D eigenvalue weighted by Gasteiger charge is -2.39. The zero-order chi connectivity index (χ0) is 17.8. The van der Waals surface area contributed by atoms with E-state index in [1.807, 2.05) is 31.3 Å². The lowest BCUT2D eigenvalue weighted by atomic mass is 9.65. The summed E-state index contributed by atoms with van der Waals surface area (Å²) in [5.41, 5.74) is 3.82. The van der Waals surface area contributed by atoms with Crippen molar-refractivity contribution in [3.8, 4) is 0 Å². The molecule has 1 amide bonds. The van der Waals surface area contributed by atoms with E-state index < -0.39 is 0 Å². The number of hydrogen-bond acceptors (Lipinski definition) is 2. The Morgan fingerprint density at radius 2 is 2.08 bits per heavy atom. The second-order valence-electron chi connectivity index (χ2n) is 9.31. The fourth-order valence-corrected chi connectivity index (χ4v) is 5.59. The molecule has 2 aliphatic rings. The van der Waals surface area contributed by atoms with Crippen LogP contribution in [0, 0.1) is 17.8 Å². The van der Waals surface area contributed by atoms with Crippen molar-refractivity contribution < 1.29 is 4.79 Å². The third-order valence-corrected chi connectivity index (χ3v) is 6.14. The number of pyridine rings is 1. The van der Waals surface area contributed by atoms with Gasteiger partial charge < -0.3 is 9.30 Å². The van der Waals surface area contributed by atoms with E-state index >= 15 is 0 Å². The summed E-state index contributed by atoms with van der Waals surface area (Å²) in [6, 6.07) is 6.48. The molecule has 2 aromatic heterocycles. The van der Waals surface area contributed by atoms with Crippen LogP contribution in [0.2, 0.25) is 0 Å². The molecular weight excluding hydrogens is 310 g/mol. The molecule has 1 saturated carbocycles. The number of rotatable bonds is 3. The molecule has 0 aromatic carbocycles. The highest BCUT2D eigenvalue weighted by molar-refractivity contribution is 5.77.